The van der Waals surface area contributed by atoms with Gasteiger partial charge in [0.1, 0.15) is 11.6 Å². The molecule has 1 aliphatic rings. The van der Waals surface area contributed by atoms with Crippen molar-refractivity contribution in [3.63, 3.8) is 0 Å². The van der Waals surface area contributed by atoms with Crippen LogP contribution in [0.4, 0.5) is 8.78 Å². The molecule has 2 rings (SSSR count). The zero-order chi connectivity index (χ0) is 11.8. The number of aliphatic hydroxyl groups is 1. The van der Waals surface area contributed by atoms with Crippen molar-refractivity contribution in [1.82, 2.24) is 0 Å². The van der Waals surface area contributed by atoms with E-state index in [4.69, 9.17) is 0 Å². The van der Waals surface area contributed by atoms with E-state index in [0.717, 1.165) is 25.3 Å². The topological polar surface area (TPSA) is 20.2 Å². The molecule has 16 heavy (non-hydrogen) atoms. The van der Waals surface area contributed by atoms with Gasteiger partial charge in [0.15, 0.2) is 0 Å². The lowest BCUT2D eigenvalue weighted by Crippen LogP contribution is -2.31. The van der Waals surface area contributed by atoms with Gasteiger partial charge in [-0.25, -0.2) is 8.78 Å². The quantitative estimate of drug-likeness (QED) is 0.819. The number of hydrogen-bond donors (Lipinski definition) is 1. The third-order valence-electron chi connectivity index (χ3n) is 3.68. The van der Waals surface area contributed by atoms with Crippen LogP contribution in [0.3, 0.4) is 0 Å². The van der Waals surface area contributed by atoms with Gasteiger partial charge in [0, 0.05) is 11.6 Å². The molecule has 3 heteroatoms. The number of benzene rings is 1. The van der Waals surface area contributed by atoms with E-state index >= 15 is 0 Å². The molecule has 0 bridgehead atoms. The fourth-order valence-corrected chi connectivity index (χ4v) is 2.80. The van der Waals surface area contributed by atoms with Crippen molar-refractivity contribution < 1.29 is 13.9 Å². The van der Waals surface area contributed by atoms with Crippen molar-refractivity contribution in [1.29, 1.82) is 0 Å². The van der Waals surface area contributed by atoms with Crippen molar-refractivity contribution in [2.75, 3.05) is 0 Å². The highest BCUT2D eigenvalue weighted by molar-refractivity contribution is 5.27. The Balaban J connectivity index is 2.42. The monoisotopic (exact) mass is 226 g/mol. The van der Waals surface area contributed by atoms with Crippen LogP contribution in [-0.2, 0) is 5.60 Å². The summed E-state index contributed by atoms with van der Waals surface area (Å²) in [5, 5.41) is 10.5. The predicted molar refractivity (Wildman–Crippen MR) is 57.9 cm³/mol. The van der Waals surface area contributed by atoms with Gasteiger partial charge in [-0.3, -0.25) is 0 Å². The van der Waals surface area contributed by atoms with E-state index in [2.05, 4.69) is 0 Å². The van der Waals surface area contributed by atoms with E-state index in [1.54, 1.807) is 0 Å². The summed E-state index contributed by atoms with van der Waals surface area (Å²) in [6.07, 6.45) is 3.18. The van der Waals surface area contributed by atoms with E-state index in [0.29, 0.717) is 6.42 Å². The van der Waals surface area contributed by atoms with Crippen molar-refractivity contribution in [3.05, 3.63) is 35.4 Å². The van der Waals surface area contributed by atoms with Gasteiger partial charge >= 0.3 is 0 Å². The first-order valence-corrected chi connectivity index (χ1v) is 5.76. The molecule has 0 aromatic heterocycles. The Hall–Kier alpha value is -0.960. The maximum Gasteiger partial charge on any atom is 0.132 e. The van der Waals surface area contributed by atoms with Crippen molar-refractivity contribution in [3.8, 4) is 0 Å². The van der Waals surface area contributed by atoms with E-state index < -0.39 is 17.2 Å². The zero-order valence-corrected chi connectivity index (χ0v) is 9.34. The van der Waals surface area contributed by atoms with Crippen molar-refractivity contribution in [2.24, 2.45) is 5.92 Å². The van der Waals surface area contributed by atoms with E-state index in [1.807, 2.05) is 6.92 Å². The molecule has 0 saturated heterocycles. The lowest BCUT2D eigenvalue weighted by molar-refractivity contribution is -0.00711. The second-order valence-corrected chi connectivity index (χ2v) is 4.55. The Bertz CT molecular complexity index is 392. The first-order chi connectivity index (χ1) is 7.58. The summed E-state index contributed by atoms with van der Waals surface area (Å²) in [5.41, 5.74) is -0.856. The van der Waals surface area contributed by atoms with Crippen LogP contribution in [0.5, 0.6) is 0 Å². The maximum atomic E-state index is 13.7. The van der Waals surface area contributed by atoms with Crippen LogP contribution in [0.25, 0.3) is 0 Å². The zero-order valence-electron chi connectivity index (χ0n) is 9.34. The number of hydrogen-bond acceptors (Lipinski definition) is 1. The molecule has 0 spiro atoms. The minimum Gasteiger partial charge on any atom is -0.385 e. The summed E-state index contributed by atoms with van der Waals surface area (Å²) in [6, 6.07) is 3.43. The summed E-state index contributed by atoms with van der Waals surface area (Å²) >= 11 is 0. The summed E-state index contributed by atoms with van der Waals surface area (Å²) in [4.78, 5) is 0. The fraction of sp³-hybridized carbons (Fsp3) is 0.538. The van der Waals surface area contributed by atoms with Crippen LogP contribution in [-0.4, -0.2) is 5.11 Å². The normalized spacial score (nSPS) is 29.6. The highest BCUT2D eigenvalue weighted by atomic mass is 19.1. The van der Waals surface area contributed by atoms with Gasteiger partial charge in [-0.05, 0) is 31.2 Å². The van der Waals surface area contributed by atoms with E-state index in [-0.39, 0.29) is 11.5 Å². The molecule has 0 amide bonds. The molecule has 88 valence electrons. The van der Waals surface area contributed by atoms with Crippen LogP contribution < -0.4 is 0 Å². The molecule has 0 radical (unpaired) electrons. The van der Waals surface area contributed by atoms with Crippen LogP contribution in [0, 0.1) is 17.6 Å². The van der Waals surface area contributed by atoms with Crippen LogP contribution in [0.2, 0.25) is 0 Å². The van der Waals surface area contributed by atoms with Gasteiger partial charge in [-0.15, -0.1) is 0 Å². The fourth-order valence-electron chi connectivity index (χ4n) is 2.80. The average molecular weight is 226 g/mol. The number of halogens is 2. The molecule has 1 saturated carbocycles. The van der Waals surface area contributed by atoms with Gasteiger partial charge in [-0.1, -0.05) is 19.4 Å². The van der Waals surface area contributed by atoms with Gasteiger partial charge in [0.25, 0.3) is 0 Å². The second kappa shape index (κ2) is 4.13. The summed E-state index contributed by atoms with van der Waals surface area (Å²) < 4.78 is 26.5. The first-order valence-electron chi connectivity index (χ1n) is 5.76. The Labute approximate surface area is 94.1 Å². The lowest BCUT2D eigenvalue weighted by atomic mass is 9.82. The molecule has 1 nitrogen and oxygen atoms in total. The van der Waals surface area contributed by atoms with Crippen LogP contribution in [0.15, 0.2) is 18.2 Å². The number of rotatable bonds is 2. The molecule has 1 fully saturated rings. The average Bonchev–Trinajstić information content (AvgIpc) is 2.60. The van der Waals surface area contributed by atoms with Crippen LogP contribution >= 0.6 is 0 Å². The van der Waals surface area contributed by atoms with Crippen molar-refractivity contribution in [2.45, 2.75) is 38.2 Å². The van der Waals surface area contributed by atoms with Gasteiger partial charge in [-0.2, -0.15) is 0 Å². The predicted octanol–water partition coefficient (Wildman–Crippen LogP) is 3.36. The molecule has 1 aromatic rings. The highest BCUT2D eigenvalue weighted by Crippen LogP contribution is 2.45. The molecule has 1 aliphatic carbocycles. The van der Waals surface area contributed by atoms with Gasteiger partial charge < -0.3 is 5.11 Å². The molecule has 1 aromatic carbocycles. The molecule has 0 aliphatic heterocycles. The summed E-state index contributed by atoms with van der Waals surface area (Å²) in [5.74, 6) is -1.16. The molecule has 2 unspecified atom stereocenters. The van der Waals surface area contributed by atoms with Gasteiger partial charge in [0.05, 0.1) is 5.60 Å². The second-order valence-electron chi connectivity index (χ2n) is 4.55. The van der Waals surface area contributed by atoms with Crippen molar-refractivity contribution >= 4 is 0 Å². The first kappa shape index (κ1) is 11.5. The third-order valence-corrected chi connectivity index (χ3v) is 3.68. The molecule has 2 atom stereocenters. The standard InChI is InChI=1S/C13H16F2O/c1-2-9-4-3-7-13(9,16)11-6-5-10(14)8-12(11)15/h5-6,8-9,16H,2-4,7H2,1H3. The summed E-state index contributed by atoms with van der Waals surface area (Å²) in [6.45, 7) is 1.99. The Kier molecular flexibility index (Phi) is 2.98. The smallest absolute Gasteiger partial charge is 0.132 e. The molecule has 1 N–H and O–H groups in total. The Morgan fingerprint density at radius 3 is 2.81 bits per heavy atom. The van der Waals surface area contributed by atoms with Crippen LogP contribution in [0.1, 0.15) is 38.2 Å². The van der Waals surface area contributed by atoms with E-state index in [1.165, 1.54) is 12.1 Å². The molecular formula is C13H16F2O. The third kappa shape index (κ3) is 1.73. The summed E-state index contributed by atoms with van der Waals surface area (Å²) in [7, 11) is 0. The SMILES string of the molecule is CCC1CCCC1(O)c1ccc(F)cc1F. The van der Waals surface area contributed by atoms with Gasteiger partial charge in [0.2, 0.25) is 0 Å². The van der Waals surface area contributed by atoms with E-state index in [9.17, 15) is 13.9 Å². The molecule has 0 heterocycles. The highest BCUT2D eigenvalue weighted by Gasteiger charge is 2.42. The minimum absolute atomic E-state index is 0.0764. The maximum absolute atomic E-state index is 13.7. The largest absolute Gasteiger partial charge is 0.385 e. The Morgan fingerprint density at radius 1 is 1.44 bits per heavy atom. The minimum atomic E-state index is -1.10. The Morgan fingerprint density at radius 2 is 2.19 bits per heavy atom. The lowest BCUT2D eigenvalue weighted by Gasteiger charge is -2.30. The molecular weight excluding hydrogens is 210 g/mol.